The number of sulfonamides is 1. The van der Waals surface area contributed by atoms with Crippen LogP contribution in [0.3, 0.4) is 0 Å². The lowest BCUT2D eigenvalue weighted by Gasteiger charge is -2.21. The number of nitrogens with one attached hydrogen (secondary N) is 1. The van der Waals surface area contributed by atoms with Crippen LogP contribution in [0, 0.1) is 0 Å². The highest BCUT2D eigenvalue weighted by molar-refractivity contribution is 8.00. The summed E-state index contributed by atoms with van der Waals surface area (Å²) in [6.07, 6.45) is 3.49. The normalized spacial score (nSPS) is 13.8. The molecule has 3 rings (SSSR count). The number of thioether (sulfide) groups is 1. The molecule has 0 fully saturated rings. The number of hydrogen-bond donors (Lipinski definition) is 1. The summed E-state index contributed by atoms with van der Waals surface area (Å²) in [5, 5.41) is 2.83. The van der Waals surface area contributed by atoms with Crippen molar-refractivity contribution in [2.24, 2.45) is 0 Å². The van der Waals surface area contributed by atoms with E-state index in [1.807, 2.05) is 13.8 Å². The molecule has 0 aromatic heterocycles. The van der Waals surface area contributed by atoms with E-state index in [1.165, 1.54) is 45.7 Å². The molecular weight excluding hydrogens is 392 g/mol. The van der Waals surface area contributed by atoms with Gasteiger partial charge in [0.25, 0.3) is 0 Å². The van der Waals surface area contributed by atoms with Gasteiger partial charge in [0.2, 0.25) is 15.9 Å². The fraction of sp³-hybridized carbons (Fsp3) is 0.381. The third-order valence-corrected chi connectivity index (χ3v) is 8.02. The minimum absolute atomic E-state index is 0.111. The molecule has 7 heteroatoms. The van der Waals surface area contributed by atoms with Gasteiger partial charge in [0.05, 0.1) is 10.6 Å². The van der Waals surface area contributed by atoms with Gasteiger partial charge in [-0.3, -0.25) is 4.79 Å². The van der Waals surface area contributed by atoms with Crippen molar-refractivity contribution in [3.63, 3.8) is 0 Å². The number of benzene rings is 2. The van der Waals surface area contributed by atoms with Crippen LogP contribution in [0.15, 0.2) is 52.3 Å². The molecule has 1 aliphatic rings. The fourth-order valence-electron chi connectivity index (χ4n) is 3.14. The molecule has 0 atom stereocenters. The highest BCUT2D eigenvalue weighted by atomic mass is 32.2. The first-order valence-corrected chi connectivity index (χ1v) is 11.8. The predicted molar refractivity (Wildman–Crippen MR) is 114 cm³/mol. The summed E-state index contributed by atoms with van der Waals surface area (Å²) < 4.78 is 26.3. The quantitative estimate of drug-likeness (QED) is 0.692. The van der Waals surface area contributed by atoms with Crippen LogP contribution >= 0.6 is 11.8 Å². The number of nitrogens with zero attached hydrogens (tertiary/aromatic N) is 1. The Morgan fingerprint density at radius 3 is 2.46 bits per heavy atom. The summed E-state index contributed by atoms with van der Waals surface area (Å²) in [7, 11) is -1.96. The Morgan fingerprint density at radius 1 is 1.11 bits per heavy atom. The standard InChI is InChI=1S/C21H26N2O3S2/c1-15(2)23(3)28(25,26)20-11-8-18(9-12-20)22-21(24)14-27-19-10-7-16-5-4-6-17(16)13-19/h7-13,15H,4-6,14H2,1-3H3,(H,22,24). The van der Waals surface area contributed by atoms with Gasteiger partial charge in [0.15, 0.2) is 0 Å². The molecule has 1 aliphatic carbocycles. The van der Waals surface area contributed by atoms with Crippen molar-refractivity contribution < 1.29 is 13.2 Å². The molecule has 0 saturated heterocycles. The van der Waals surface area contributed by atoms with E-state index in [-0.39, 0.29) is 16.8 Å². The van der Waals surface area contributed by atoms with Crippen molar-refractivity contribution in [3.05, 3.63) is 53.6 Å². The van der Waals surface area contributed by atoms with Crippen molar-refractivity contribution in [3.8, 4) is 0 Å². The van der Waals surface area contributed by atoms with Gasteiger partial charge in [0, 0.05) is 23.7 Å². The first-order valence-electron chi connectivity index (χ1n) is 9.40. The molecule has 2 aromatic carbocycles. The summed E-state index contributed by atoms with van der Waals surface area (Å²) in [6, 6.07) is 12.6. The topological polar surface area (TPSA) is 66.5 Å². The second-order valence-corrected chi connectivity index (χ2v) is 10.3. The Morgan fingerprint density at radius 2 is 1.79 bits per heavy atom. The fourth-order valence-corrected chi connectivity index (χ4v) is 5.27. The smallest absolute Gasteiger partial charge is 0.243 e. The molecule has 0 saturated carbocycles. The largest absolute Gasteiger partial charge is 0.325 e. The van der Waals surface area contributed by atoms with Gasteiger partial charge >= 0.3 is 0 Å². The second-order valence-electron chi connectivity index (χ2n) is 7.26. The molecule has 0 radical (unpaired) electrons. The van der Waals surface area contributed by atoms with Gasteiger partial charge in [-0.25, -0.2) is 8.42 Å². The van der Waals surface area contributed by atoms with Crippen LogP contribution in [0.4, 0.5) is 5.69 Å². The molecule has 0 bridgehead atoms. The van der Waals surface area contributed by atoms with Crippen molar-refractivity contribution in [1.82, 2.24) is 4.31 Å². The summed E-state index contributed by atoms with van der Waals surface area (Å²) in [5.74, 6) is 0.204. The maximum Gasteiger partial charge on any atom is 0.243 e. The Hall–Kier alpha value is -1.83. The molecule has 0 heterocycles. The van der Waals surface area contributed by atoms with Crippen LogP contribution in [-0.2, 0) is 27.7 Å². The average Bonchev–Trinajstić information content (AvgIpc) is 3.14. The molecule has 0 unspecified atom stereocenters. The Bertz CT molecular complexity index is 954. The van der Waals surface area contributed by atoms with E-state index in [0.717, 1.165) is 17.7 Å². The zero-order valence-electron chi connectivity index (χ0n) is 16.4. The second kappa shape index (κ2) is 8.68. The van der Waals surface area contributed by atoms with E-state index in [4.69, 9.17) is 0 Å². The maximum atomic E-state index is 12.5. The van der Waals surface area contributed by atoms with Crippen LogP contribution in [0.5, 0.6) is 0 Å². The SMILES string of the molecule is CC(C)N(C)S(=O)(=O)c1ccc(NC(=O)CSc2ccc3c(c2)CCC3)cc1. The van der Waals surface area contributed by atoms with Gasteiger partial charge in [-0.1, -0.05) is 6.07 Å². The molecule has 150 valence electrons. The Kier molecular flexibility index (Phi) is 6.47. The van der Waals surface area contributed by atoms with Crippen LogP contribution in [0.1, 0.15) is 31.4 Å². The van der Waals surface area contributed by atoms with E-state index >= 15 is 0 Å². The van der Waals surface area contributed by atoms with E-state index in [2.05, 4.69) is 23.5 Å². The van der Waals surface area contributed by atoms with Crippen molar-refractivity contribution in [2.75, 3.05) is 18.1 Å². The maximum absolute atomic E-state index is 12.5. The van der Waals surface area contributed by atoms with Gasteiger partial charge < -0.3 is 5.32 Å². The molecule has 28 heavy (non-hydrogen) atoms. The van der Waals surface area contributed by atoms with Gasteiger partial charge in [-0.2, -0.15) is 4.31 Å². The Balaban J connectivity index is 1.57. The van der Waals surface area contributed by atoms with E-state index in [9.17, 15) is 13.2 Å². The van der Waals surface area contributed by atoms with Crippen molar-refractivity contribution >= 4 is 33.4 Å². The predicted octanol–water partition coefficient (Wildman–Crippen LogP) is 3.94. The number of hydrogen-bond acceptors (Lipinski definition) is 4. The summed E-state index contributed by atoms with van der Waals surface area (Å²) >= 11 is 1.51. The van der Waals surface area contributed by atoms with E-state index in [0.29, 0.717) is 11.4 Å². The van der Waals surface area contributed by atoms with Crippen molar-refractivity contribution in [1.29, 1.82) is 0 Å². The highest BCUT2D eigenvalue weighted by Crippen LogP contribution is 2.27. The zero-order valence-corrected chi connectivity index (χ0v) is 18.1. The average molecular weight is 419 g/mol. The molecule has 0 spiro atoms. The first-order chi connectivity index (χ1) is 13.3. The molecule has 5 nitrogen and oxygen atoms in total. The van der Waals surface area contributed by atoms with Crippen molar-refractivity contribution in [2.45, 2.75) is 48.9 Å². The number of anilines is 1. The molecule has 1 amide bonds. The summed E-state index contributed by atoms with van der Waals surface area (Å²) in [5.41, 5.74) is 3.41. The third-order valence-electron chi connectivity index (χ3n) is 4.98. The highest BCUT2D eigenvalue weighted by Gasteiger charge is 2.22. The molecule has 2 aromatic rings. The molecular formula is C21H26N2O3S2. The first kappa shape index (κ1) is 20.9. The van der Waals surface area contributed by atoms with Gasteiger partial charge in [-0.05, 0) is 80.6 Å². The number of aryl methyl sites for hydroxylation is 2. The zero-order chi connectivity index (χ0) is 20.3. The van der Waals surface area contributed by atoms with Crippen LogP contribution in [-0.4, -0.2) is 37.5 Å². The van der Waals surface area contributed by atoms with Gasteiger partial charge in [0.1, 0.15) is 0 Å². The van der Waals surface area contributed by atoms with Crippen LogP contribution in [0.25, 0.3) is 0 Å². The number of amides is 1. The monoisotopic (exact) mass is 418 g/mol. The van der Waals surface area contributed by atoms with Gasteiger partial charge in [-0.15, -0.1) is 11.8 Å². The van der Waals surface area contributed by atoms with E-state index < -0.39 is 10.0 Å². The lowest BCUT2D eigenvalue weighted by Crippen LogP contribution is -2.33. The number of rotatable bonds is 7. The molecule has 1 N–H and O–H groups in total. The minimum atomic E-state index is -3.52. The molecule has 0 aliphatic heterocycles. The minimum Gasteiger partial charge on any atom is -0.325 e. The number of carbonyl (C=O) groups excluding carboxylic acids is 1. The number of carbonyl (C=O) groups is 1. The Labute approximate surface area is 171 Å². The summed E-state index contributed by atoms with van der Waals surface area (Å²) in [4.78, 5) is 13.6. The third kappa shape index (κ3) is 4.77. The number of fused-ring (bicyclic) bond motifs is 1. The summed E-state index contributed by atoms with van der Waals surface area (Å²) in [6.45, 7) is 3.65. The van der Waals surface area contributed by atoms with Crippen LogP contribution in [0.2, 0.25) is 0 Å². The lowest BCUT2D eigenvalue weighted by atomic mass is 10.1. The van der Waals surface area contributed by atoms with E-state index in [1.54, 1.807) is 19.2 Å². The van der Waals surface area contributed by atoms with Crippen LogP contribution < -0.4 is 5.32 Å². The lowest BCUT2D eigenvalue weighted by molar-refractivity contribution is -0.113.